The van der Waals surface area contributed by atoms with Crippen LogP contribution in [0.15, 0.2) is 18.2 Å². The van der Waals surface area contributed by atoms with Crippen molar-refractivity contribution < 1.29 is 24.2 Å². The first-order valence-corrected chi connectivity index (χ1v) is 11.2. The predicted octanol–water partition coefficient (Wildman–Crippen LogP) is 2.99. The fraction of sp³-hybridized carbons (Fsp3) is 0.625. The number of unbranched alkanes of at least 4 members (excludes halogenated alkanes) is 1. The van der Waals surface area contributed by atoms with Crippen LogP contribution in [0.3, 0.4) is 0 Å². The van der Waals surface area contributed by atoms with E-state index < -0.39 is 29.7 Å². The minimum Gasteiger partial charge on any atom is -0.444 e. The van der Waals surface area contributed by atoms with Crippen molar-refractivity contribution in [2.24, 2.45) is 0 Å². The maximum absolute atomic E-state index is 13.3. The summed E-state index contributed by atoms with van der Waals surface area (Å²) in [5.41, 5.74) is 2.00. The van der Waals surface area contributed by atoms with E-state index in [1.807, 2.05) is 39.0 Å². The molecule has 8 nitrogen and oxygen atoms in total. The molecular weight excluding hydrogens is 410 g/mol. The molecule has 0 saturated heterocycles. The Morgan fingerprint density at radius 2 is 1.81 bits per heavy atom. The molecule has 0 aliphatic heterocycles. The number of carbonyl (C=O) groups is 3. The number of aryl methyl sites for hydroxylation is 2. The molecule has 0 saturated carbocycles. The summed E-state index contributed by atoms with van der Waals surface area (Å²) >= 11 is 0. The number of ether oxygens (including phenoxy) is 1. The van der Waals surface area contributed by atoms with Gasteiger partial charge >= 0.3 is 6.09 Å². The van der Waals surface area contributed by atoms with Crippen LogP contribution in [0.25, 0.3) is 0 Å². The number of benzene rings is 1. The van der Waals surface area contributed by atoms with Gasteiger partial charge in [0.2, 0.25) is 11.8 Å². The fourth-order valence-electron chi connectivity index (χ4n) is 3.16. The Bertz CT molecular complexity index is 788. The highest BCUT2D eigenvalue weighted by Crippen LogP contribution is 2.24. The normalized spacial score (nSPS) is 13.1. The van der Waals surface area contributed by atoms with Crippen molar-refractivity contribution in [1.29, 1.82) is 0 Å². The first-order chi connectivity index (χ1) is 14.9. The Morgan fingerprint density at radius 3 is 2.34 bits per heavy atom. The molecule has 0 spiro atoms. The van der Waals surface area contributed by atoms with Crippen LogP contribution in [0.5, 0.6) is 0 Å². The average molecular weight is 450 g/mol. The van der Waals surface area contributed by atoms with Crippen LogP contribution in [0, 0.1) is 13.8 Å². The molecule has 0 aliphatic rings. The minimum atomic E-state index is -0.950. The Labute approximate surface area is 191 Å². The van der Waals surface area contributed by atoms with Crippen LogP contribution < -0.4 is 10.6 Å². The second kappa shape index (κ2) is 12.4. The van der Waals surface area contributed by atoms with E-state index in [1.165, 1.54) is 11.8 Å². The lowest BCUT2D eigenvalue weighted by Gasteiger charge is -2.33. The Morgan fingerprint density at radius 1 is 1.16 bits per heavy atom. The van der Waals surface area contributed by atoms with E-state index in [1.54, 1.807) is 20.8 Å². The standard InChI is InChI=1S/C24H39N3O5/c1-8-9-12-25-21(29)20(19-11-10-16(2)17(3)15-19)27(13-14-28)22(30)18(4)26-23(31)32-24(5,6)7/h10-11,15,18,20,28H,8-9,12-14H2,1-7H3,(H,25,29)(H,26,31). The summed E-state index contributed by atoms with van der Waals surface area (Å²) < 4.78 is 5.24. The third-order valence-electron chi connectivity index (χ3n) is 4.96. The highest BCUT2D eigenvalue weighted by atomic mass is 16.6. The van der Waals surface area contributed by atoms with E-state index in [9.17, 15) is 19.5 Å². The first-order valence-electron chi connectivity index (χ1n) is 11.2. The minimum absolute atomic E-state index is 0.0576. The van der Waals surface area contributed by atoms with Gasteiger partial charge in [0, 0.05) is 13.1 Å². The second-order valence-electron chi connectivity index (χ2n) is 9.01. The highest BCUT2D eigenvalue weighted by Gasteiger charge is 2.34. The summed E-state index contributed by atoms with van der Waals surface area (Å²) in [6.07, 6.45) is 1.01. The average Bonchev–Trinajstić information content (AvgIpc) is 2.68. The zero-order chi connectivity index (χ0) is 24.5. The van der Waals surface area contributed by atoms with Gasteiger partial charge in [0.05, 0.1) is 6.61 Å². The molecule has 0 heterocycles. The third kappa shape index (κ3) is 8.49. The van der Waals surface area contributed by atoms with Crippen LogP contribution >= 0.6 is 0 Å². The van der Waals surface area contributed by atoms with Gasteiger partial charge in [0.1, 0.15) is 17.7 Å². The number of nitrogens with zero attached hydrogens (tertiary/aromatic N) is 1. The van der Waals surface area contributed by atoms with Crippen molar-refractivity contribution in [2.75, 3.05) is 19.7 Å². The second-order valence-corrected chi connectivity index (χ2v) is 9.01. The van der Waals surface area contributed by atoms with Crippen LogP contribution in [0.4, 0.5) is 4.79 Å². The maximum atomic E-state index is 13.3. The van der Waals surface area contributed by atoms with Gasteiger partial charge in [-0.05, 0) is 64.7 Å². The number of aliphatic hydroxyl groups is 1. The molecule has 3 amide bonds. The maximum Gasteiger partial charge on any atom is 0.408 e. The lowest BCUT2D eigenvalue weighted by Crippen LogP contribution is -2.52. The largest absolute Gasteiger partial charge is 0.444 e. The monoisotopic (exact) mass is 449 g/mol. The molecule has 1 aromatic carbocycles. The lowest BCUT2D eigenvalue weighted by molar-refractivity contribution is -0.142. The number of hydrogen-bond acceptors (Lipinski definition) is 5. The smallest absolute Gasteiger partial charge is 0.408 e. The van der Waals surface area contributed by atoms with E-state index >= 15 is 0 Å². The Hall–Kier alpha value is -2.61. The van der Waals surface area contributed by atoms with Crippen LogP contribution in [-0.2, 0) is 14.3 Å². The van der Waals surface area contributed by atoms with Gasteiger partial charge in [0.15, 0.2) is 0 Å². The number of amides is 3. The summed E-state index contributed by atoms with van der Waals surface area (Å²) in [5, 5.41) is 15.1. The quantitative estimate of drug-likeness (QED) is 0.476. The van der Waals surface area contributed by atoms with Crippen molar-refractivity contribution in [2.45, 2.75) is 79.0 Å². The summed E-state index contributed by atoms with van der Waals surface area (Å²) in [6.45, 7) is 12.8. The topological polar surface area (TPSA) is 108 Å². The molecule has 8 heteroatoms. The molecule has 0 bridgehead atoms. The summed E-state index contributed by atoms with van der Waals surface area (Å²) in [4.78, 5) is 39.9. The highest BCUT2D eigenvalue weighted by molar-refractivity contribution is 5.92. The Balaban J connectivity index is 3.24. The molecule has 32 heavy (non-hydrogen) atoms. The van der Waals surface area contributed by atoms with Crippen molar-refractivity contribution in [1.82, 2.24) is 15.5 Å². The number of aliphatic hydroxyl groups excluding tert-OH is 1. The van der Waals surface area contributed by atoms with E-state index in [0.29, 0.717) is 12.1 Å². The fourth-order valence-corrected chi connectivity index (χ4v) is 3.16. The van der Waals surface area contributed by atoms with Gasteiger partial charge in [-0.1, -0.05) is 31.5 Å². The molecule has 0 fully saturated rings. The van der Waals surface area contributed by atoms with Gasteiger partial charge in [-0.25, -0.2) is 4.79 Å². The summed E-state index contributed by atoms with van der Waals surface area (Å²) in [5.74, 6) is -0.813. The molecular formula is C24H39N3O5. The van der Waals surface area contributed by atoms with Crippen molar-refractivity contribution in [3.8, 4) is 0 Å². The predicted molar refractivity (Wildman–Crippen MR) is 124 cm³/mol. The first kappa shape index (κ1) is 27.4. The molecule has 0 aliphatic carbocycles. The zero-order valence-corrected chi connectivity index (χ0v) is 20.4. The number of hydrogen-bond donors (Lipinski definition) is 3. The number of carbonyl (C=O) groups excluding carboxylic acids is 3. The van der Waals surface area contributed by atoms with E-state index in [0.717, 1.165) is 24.0 Å². The SMILES string of the molecule is CCCCNC(=O)C(c1ccc(C)c(C)c1)N(CCO)C(=O)C(C)NC(=O)OC(C)(C)C. The number of rotatable bonds is 10. The van der Waals surface area contributed by atoms with Crippen LogP contribution in [0.1, 0.15) is 70.2 Å². The molecule has 3 N–H and O–H groups in total. The van der Waals surface area contributed by atoms with E-state index in [4.69, 9.17) is 4.74 Å². The van der Waals surface area contributed by atoms with Crippen molar-refractivity contribution >= 4 is 17.9 Å². The van der Waals surface area contributed by atoms with E-state index in [2.05, 4.69) is 10.6 Å². The van der Waals surface area contributed by atoms with E-state index in [-0.39, 0.29) is 19.1 Å². The molecule has 2 unspecified atom stereocenters. The third-order valence-corrected chi connectivity index (χ3v) is 4.96. The zero-order valence-electron chi connectivity index (χ0n) is 20.4. The number of nitrogens with one attached hydrogen (secondary N) is 2. The number of alkyl carbamates (subject to hydrolysis) is 1. The van der Waals surface area contributed by atoms with Crippen molar-refractivity contribution in [3.05, 3.63) is 34.9 Å². The van der Waals surface area contributed by atoms with Gasteiger partial charge in [-0.3, -0.25) is 9.59 Å². The summed E-state index contributed by atoms with van der Waals surface area (Å²) in [6, 6.07) is 3.71. The van der Waals surface area contributed by atoms with Gasteiger partial charge in [-0.2, -0.15) is 0 Å². The van der Waals surface area contributed by atoms with Gasteiger partial charge in [-0.15, -0.1) is 0 Å². The molecule has 2 atom stereocenters. The lowest BCUT2D eigenvalue weighted by atomic mass is 9.98. The summed E-state index contributed by atoms with van der Waals surface area (Å²) in [7, 11) is 0. The molecule has 1 aromatic rings. The molecule has 0 radical (unpaired) electrons. The van der Waals surface area contributed by atoms with Gasteiger partial charge < -0.3 is 25.4 Å². The van der Waals surface area contributed by atoms with Crippen molar-refractivity contribution in [3.63, 3.8) is 0 Å². The molecule has 0 aromatic heterocycles. The molecule has 180 valence electrons. The van der Waals surface area contributed by atoms with Gasteiger partial charge in [0.25, 0.3) is 0 Å². The Kier molecular flexibility index (Phi) is 10.7. The van der Waals surface area contributed by atoms with Crippen LogP contribution in [-0.4, -0.2) is 59.3 Å². The molecule has 1 rings (SSSR count). The van der Waals surface area contributed by atoms with Crippen LogP contribution in [0.2, 0.25) is 0 Å².